The number of aryl methyl sites for hydroxylation is 1. The standard InChI is InChI=1S/C16H17F2N3O/c1-10-19-14(7-15(22)20-10)11-5-6-21(8-11)9-12-3-2-4-13(17)16(12)18/h2-4,7,11H,5-6,8-9H2,1H3,(H,19,20,22). The highest BCUT2D eigenvalue weighted by molar-refractivity contribution is 5.19. The lowest BCUT2D eigenvalue weighted by Crippen LogP contribution is -2.21. The first-order chi connectivity index (χ1) is 10.5. The Bertz CT molecular complexity index is 744. The predicted molar refractivity (Wildman–Crippen MR) is 78.6 cm³/mol. The molecule has 1 unspecified atom stereocenters. The summed E-state index contributed by atoms with van der Waals surface area (Å²) < 4.78 is 27.0. The molecule has 2 aromatic rings. The van der Waals surface area contributed by atoms with E-state index in [2.05, 4.69) is 14.9 Å². The molecule has 1 aromatic heterocycles. The number of H-pyrrole nitrogens is 1. The summed E-state index contributed by atoms with van der Waals surface area (Å²) in [6, 6.07) is 5.75. The van der Waals surface area contributed by atoms with Crippen molar-refractivity contribution in [3.05, 3.63) is 63.3 Å². The highest BCUT2D eigenvalue weighted by Crippen LogP contribution is 2.27. The van der Waals surface area contributed by atoms with Crippen molar-refractivity contribution in [1.82, 2.24) is 14.9 Å². The van der Waals surface area contributed by atoms with Crippen molar-refractivity contribution in [2.45, 2.75) is 25.8 Å². The third-order valence-electron chi connectivity index (χ3n) is 4.00. The van der Waals surface area contributed by atoms with Crippen molar-refractivity contribution in [2.75, 3.05) is 13.1 Å². The zero-order chi connectivity index (χ0) is 15.7. The number of hydrogen-bond acceptors (Lipinski definition) is 3. The highest BCUT2D eigenvalue weighted by Gasteiger charge is 2.26. The van der Waals surface area contributed by atoms with Gasteiger partial charge in [0, 0.05) is 30.6 Å². The molecule has 0 amide bonds. The largest absolute Gasteiger partial charge is 0.311 e. The fourth-order valence-corrected chi connectivity index (χ4v) is 2.94. The van der Waals surface area contributed by atoms with Crippen LogP contribution in [0.3, 0.4) is 0 Å². The van der Waals surface area contributed by atoms with Gasteiger partial charge in [-0.1, -0.05) is 12.1 Å². The fourth-order valence-electron chi connectivity index (χ4n) is 2.94. The molecule has 1 saturated heterocycles. The molecule has 116 valence electrons. The smallest absolute Gasteiger partial charge is 0.251 e. The lowest BCUT2D eigenvalue weighted by molar-refractivity contribution is 0.318. The molecule has 1 N–H and O–H groups in total. The molecule has 0 bridgehead atoms. The Hall–Kier alpha value is -2.08. The molecule has 0 saturated carbocycles. The van der Waals surface area contributed by atoms with E-state index in [1.165, 1.54) is 12.1 Å². The molecule has 0 aliphatic carbocycles. The van der Waals surface area contributed by atoms with Crippen molar-refractivity contribution in [2.24, 2.45) is 0 Å². The van der Waals surface area contributed by atoms with Gasteiger partial charge in [-0.3, -0.25) is 9.69 Å². The van der Waals surface area contributed by atoms with Crippen LogP contribution in [0.1, 0.15) is 29.4 Å². The number of nitrogens with zero attached hydrogens (tertiary/aromatic N) is 2. The number of aromatic amines is 1. The monoisotopic (exact) mass is 305 g/mol. The topological polar surface area (TPSA) is 49.0 Å². The van der Waals surface area contributed by atoms with E-state index in [4.69, 9.17) is 0 Å². The maximum atomic E-state index is 13.7. The van der Waals surface area contributed by atoms with Crippen molar-refractivity contribution in [3.8, 4) is 0 Å². The van der Waals surface area contributed by atoms with Gasteiger partial charge in [0.1, 0.15) is 5.82 Å². The molecule has 4 nitrogen and oxygen atoms in total. The minimum atomic E-state index is -0.819. The zero-order valence-electron chi connectivity index (χ0n) is 12.3. The van der Waals surface area contributed by atoms with E-state index in [9.17, 15) is 13.6 Å². The second kappa shape index (κ2) is 5.96. The van der Waals surface area contributed by atoms with E-state index in [0.29, 0.717) is 24.5 Å². The first-order valence-electron chi connectivity index (χ1n) is 7.26. The van der Waals surface area contributed by atoms with E-state index in [1.807, 2.05) is 0 Å². The number of rotatable bonds is 3. The Labute approximate surface area is 126 Å². The van der Waals surface area contributed by atoms with Gasteiger partial charge < -0.3 is 4.98 Å². The quantitative estimate of drug-likeness (QED) is 0.947. The summed E-state index contributed by atoms with van der Waals surface area (Å²) in [7, 11) is 0. The molecule has 1 fully saturated rings. The predicted octanol–water partition coefficient (Wildman–Crippen LogP) is 2.35. The van der Waals surface area contributed by atoms with Crippen LogP contribution in [0.25, 0.3) is 0 Å². The van der Waals surface area contributed by atoms with Gasteiger partial charge >= 0.3 is 0 Å². The van der Waals surface area contributed by atoms with Gasteiger partial charge in [-0.15, -0.1) is 0 Å². The van der Waals surface area contributed by atoms with Crippen LogP contribution in [0.5, 0.6) is 0 Å². The van der Waals surface area contributed by atoms with Crippen LogP contribution >= 0.6 is 0 Å². The number of halogens is 2. The SMILES string of the molecule is Cc1nc(C2CCN(Cc3cccc(F)c3F)C2)cc(=O)[nH]1. The lowest BCUT2D eigenvalue weighted by Gasteiger charge is -2.16. The van der Waals surface area contributed by atoms with Gasteiger partial charge in [0.2, 0.25) is 0 Å². The Morgan fingerprint density at radius 1 is 1.41 bits per heavy atom. The van der Waals surface area contributed by atoms with Crippen LogP contribution in [-0.2, 0) is 6.54 Å². The molecule has 2 heterocycles. The summed E-state index contributed by atoms with van der Waals surface area (Å²) >= 11 is 0. The van der Waals surface area contributed by atoms with Crippen molar-refractivity contribution >= 4 is 0 Å². The van der Waals surface area contributed by atoms with E-state index < -0.39 is 11.6 Å². The first-order valence-corrected chi connectivity index (χ1v) is 7.26. The maximum absolute atomic E-state index is 13.7. The van der Waals surface area contributed by atoms with Gasteiger partial charge in [-0.2, -0.15) is 0 Å². The van der Waals surface area contributed by atoms with Crippen LogP contribution in [0, 0.1) is 18.6 Å². The third kappa shape index (κ3) is 3.06. The Balaban J connectivity index is 1.72. The average molecular weight is 305 g/mol. The van der Waals surface area contributed by atoms with Crippen molar-refractivity contribution < 1.29 is 8.78 Å². The number of hydrogen-bond donors (Lipinski definition) is 1. The molecule has 3 rings (SSSR count). The van der Waals surface area contributed by atoms with Crippen molar-refractivity contribution in [3.63, 3.8) is 0 Å². The molecular weight excluding hydrogens is 288 g/mol. The number of benzene rings is 1. The summed E-state index contributed by atoms with van der Waals surface area (Å²) in [5, 5.41) is 0. The average Bonchev–Trinajstić information content (AvgIpc) is 2.91. The lowest BCUT2D eigenvalue weighted by atomic mass is 10.0. The van der Waals surface area contributed by atoms with E-state index in [1.54, 1.807) is 13.0 Å². The summed E-state index contributed by atoms with van der Waals surface area (Å²) in [6.07, 6.45) is 0.854. The summed E-state index contributed by atoms with van der Waals surface area (Å²) in [5.74, 6) is -0.856. The highest BCUT2D eigenvalue weighted by atomic mass is 19.2. The van der Waals surface area contributed by atoms with Gasteiger partial charge in [0.05, 0.1) is 5.69 Å². The van der Waals surface area contributed by atoms with Crippen LogP contribution in [0.2, 0.25) is 0 Å². The van der Waals surface area contributed by atoms with Gasteiger partial charge in [0.15, 0.2) is 11.6 Å². The first kappa shape index (κ1) is 14.8. The second-order valence-electron chi connectivity index (χ2n) is 5.69. The second-order valence-corrected chi connectivity index (χ2v) is 5.69. The van der Waals surface area contributed by atoms with Gasteiger partial charge in [0.25, 0.3) is 5.56 Å². The Morgan fingerprint density at radius 3 is 3.00 bits per heavy atom. The zero-order valence-corrected chi connectivity index (χ0v) is 12.3. The molecule has 22 heavy (non-hydrogen) atoms. The number of likely N-dealkylation sites (tertiary alicyclic amines) is 1. The van der Waals surface area contributed by atoms with E-state index >= 15 is 0 Å². The molecule has 1 aliphatic rings. The minimum absolute atomic E-state index is 0.151. The molecule has 1 aromatic carbocycles. The summed E-state index contributed by atoms with van der Waals surface area (Å²) in [6.45, 7) is 3.57. The summed E-state index contributed by atoms with van der Waals surface area (Å²) in [5.41, 5.74) is 0.969. The van der Waals surface area contributed by atoms with E-state index in [-0.39, 0.29) is 11.5 Å². The third-order valence-corrected chi connectivity index (χ3v) is 4.00. The van der Waals surface area contributed by atoms with Crippen LogP contribution < -0.4 is 5.56 Å². The minimum Gasteiger partial charge on any atom is -0.311 e. The van der Waals surface area contributed by atoms with Crippen LogP contribution in [0.4, 0.5) is 8.78 Å². The Kier molecular flexibility index (Phi) is 4.02. The molecule has 1 atom stereocenters. The molecular formula is C16H17F2N3O. The molecule has 0 radical (unpaired) electrons. The Morgan fingerprint density at radius 2 is 2.23 bits per heavy atom. The molecule has 6 heteroatoms. The normalized spacial score (nSPS) is 18.8. The van der Waals surface area contributed by atoms with Crippen LogP contribution in [0.15, 0.2) is 29.1 Å². The fraction of sp³-hybridized carbons (Fsp3) is 0.375. The van der Waals surface area contributed by atoms with E-state index in [0.717, 1.165) is 24.7 Å². The molecule has 0 spiro atoms. The number of aromatic nitrogens is 2. The maximum Gasteiger partial charge on any atom is 0.251 e. The van der Waals surface area contributed by atoms with Crippen molar-refractivity contribution in [1.29, 1.82) is 0 Å². The number of nitrogens with one attached hydrogen (secondary N) is 1. The van der Waals surface area contributed by atoms with Gasteiger partial charge in [-0.25, -0.2) is 13.8 Å². The summed E-state index contributed by atoms with van der Waals surface area (Å²) in [4.78, 5) is 20.6. The molecule has 1 aliphatic heterocycles. The van der Waals surface area contributed by atoms with Crippen LogP contribution in [-0.4, -0.2) is 28.0 Å². The van der Waals surface area contributed by atoms with Gasteiger partial charge in [-0.05, 0) is 26.0 Å².